The number of carbonyl (C=O) groups excluding carboxylic acids is 1. The molecule has 2 aliphatic rings. The highest BCUT2D eigenvalue weighted by Crippen LogP contribution is 2.29. The van der Waals surface area contributed by atoms with Gasteiger partial charge in [0.15, 0.2) is 0 Å². The number of nitrogens with zero attached hydrogens (tertiary/aromatic N) is 2. The average molecular weight is 408 g/mol. The van der Waals surface area contributed by atoms with Gasteiger partial charge in [-0.05, 0) is 56.2 Å². The summed E-state index contributed by atoms with van der Waals surface area (Å²) in [6.45, 7) is 3.99. The van der Waals surface area contributed by atoms with Crippen LogP contribution in [0.3, 0.4) is 0 Å². The largest absolute Gasteiger partial charge is 0.371 e. The number of nitrogens with one attached hydrogen (secondary N) is 1. The predicted octanol–water partition coefficient (Wildman–Crippen LogP) is 3.24. The van der Waals surface area contributed by atoms with Crippen LogP contribution in [0.1, 0.15) is 62.2 Å². The molecule has 0 spiro atoms. The maximum atomic E-state index is 13.2. The van der Waals surface area contributed by atoms with Crippen molar-refractivity contribution in [1.29, 1.82) is 0 Å². The zero-order chi connectivity index (χ0) is 20.3. The van der Waals surface area contributed by atoms with E-state index in [9.17, 15) is 13.2 Å². The summed E-state index contributed by atoms with van der Waals surface area (Å²) in [6, 6.07) is 5.15. The predicted molar refractivity (Wildman–Crippen MR) is 112 cm³/mol. The zero-order valence-electron chi connectivity index (χ0n) is 17.3. The van der Waals surface area contributed by atoms with E-state index in [1.165, 1.54) is 31.2 Å². The minimum atomic E-state index is -3.59. The Morgan fingerprint density at radius 2 is 1.75 bits per heavy atom. The van der Waals surface area contributed by atoms with E-state index in [1.807, 2.05) is 0 Å². The van der Waals surface area contributed by atoms with Crippen molar-refractivity contribution in [2.24, 2.45) is 5.92 Å². The van der Waals surface area contributed by atoms with Crippen LogP contribution in [0.15, 0.2) is 23.1 Å². The Bertz CT molecular complexity index is 801. The summed E-state index contributed by atoms with van der Waals surface area (Å²) in [6.07, 6.45) is 7.84. The fourth-order valence-corrected chi connectivity index (χ4v) is 5.18. The lowest BCUT2D eigenvalue weighted by atomic mass is 9.86. The number of carbonyl (C=O) groups is 1. The summed E-state index contributed by atoms with van der Waals surface area (Å²) in [5, 5.41) is 3.20. The molecule has 6 nitrogen and oxygen atoms in total. The van der Waals surface area contributed by atoms with Gasteiger partial charge in [-0.1, -0.05) is 19.8 Å². The molecule has 1 heterocycles. The van der Waals surface area contributed by atoms with E-state index < -0.39 is 10.0 Å². The van der Waals surface area contributed by atoms with Gasteiger partial charge in [-0.3, -0.25) is 4.79 Å². The second kappa shape index (κ2) is 8.82. The quantitative estimate of drug-likeness (QED) is 0.814. The van der Waals surface area contributed by atoms with E-state index in [0.717, 1.165) is 50.9 Å². The van der Waals surface area contributed by atoms with Crippen LogP contribution < -0.4 is 10.2 Å². The third-order valence-corrected chi connectivity index (χ3v) is 7.93. The maximum absolute atomic E-state index is 13.2. The topological polar surface area (TPSA) is 69.7 Å². The molecule has 1 aromatic rings. The van der Waals surface area contributed by atoms with Crippen molar-refractivity contribution in [1.82, 2.24) is 9.62 Å². The van der Waals surface area contributed by atoms with E-state index in [4.69, 9.17) is 0 Å². The Morgan fingerprint density at radius 3 is 2.39 bits per heavy atom. The third-order valence-electron chi connectivity index (χ3n) is 6.12. The number of amides is 1. The Morgan fingerprint density at radius 1 is 1.07 bits per heavy atom. The van der Waals surface area contributed by atoms with E-state index in [-0.39, 0.29) is 16.8 Å². The number of benzene rings is 1. The third kappa shape index (κ3) is 4.51. The van der Waals surface area contributed by atoms with Crippen LogP contribution in [-0.4, -0.2) is 51.9 Å². The van der Waals surface area contributed by atoms with Gasteiger partial charge in [0.05, 0.1) is 10.5 Å². The SMILES string of the molecule is C[C@@H]1CCCC[C@H]1NC(=O)c1cc(S(=O)(=O)N(C)C)ccc1N1CCCCC1. The van der Waals surface area contributed by atoms with Gasteiger partial charge < -0.3 is 10.2 Å². The van der Waals surface area contributed by atoms with Crippen molar-refractivity contribution in [3.05, 3.63) is 23.8 Å². The highest BCUT2D eigenvalue weighted by atomic mass is 32.2. The summed E-state index contributed by atoms with van der Waals surface area (Å²) >= 11 is 0. The Balaban J connectivity index is 1.95. The van der Waals surface area contributed by atoms with Gasteiger partial charge in [0.25, 0.3) is 5.91 Å². The second-order valence-electron chi connectivity index (χ2n) is 8.36. The van der Waals surface area contributed by atoms with Crippen molar-refractivity contribution in [3.8, 4) is 0 Å². The first-order valence-electron chi connectivity index (χ1n) is 10.4. The lowest BCUT2D eigenvalue weighted by Gasteiger charge is -2.32. The highest BCUT2D eigenvalue weighted by molar-refractivity contribution is 7.89. The number of hydrogen-bond acceptors (Lipinski definition) is 4. The molecular formula is C21H33N3O3S. The second-order valence-corrected chi connectivity index (χ2v) is 10.5. The maximum Gasteiger partial charge on any atom is 0.253 e. The molecule has 3 rings (SSSR count). The fraction of sp³-hybridized carbons (Fsp3) is 0.667. The average Bonchev–Trinajstić information content (AvgIpc) is 2.69. The lowest BCUT2D eigenvalue weighted by molar-refractivity contribution is 0.0910. The molecule has 1 aliphatic heterocycles. The van der Waals surface area contributed by atoms with Crippen molar-refractivity contribution < 1.29 is 13.2 Å². The standard InChI is InChI=1S/C21H33N3O3S/c1-16-9-5-6-10-19(16)22-21(25)18-15-17(28(26,27)23(2)3)11-12-20(18)24-13-7-4-8-14-24/h11-12,15-16,19H,4-10,13-14H2,1-3H3,(H,22,25)/t16-,19-/m1/s1. The molecule has 7 heteroatoms. The zero-order valence-corrected chi connectivity index (χ0v) is 18.1. The van der Waals surface area contributed by atoms with Gasteiger partial charge in [0.1, 0.15) is 0 Å². The first-order valence-corrected chi connectivity index (χ1v) is 11.9. The van der Waals surface area contributed by atoms with Crippen LogP contribution >= 0.6 is 0 Å². The van der Waals surface area contributed by atoms with Crippen molar-refractivity contribution >= 4 is 21.6 Å². The minimum absolute atomic E-state index is 0.157. The molecule has 1 aliphatic carbocycles. The molecule has 2 atom stereocenters. The van der Waals surface area contributed by atoms with Crippen molar-refractivity contribution in [2.75, 3.05) is 32.1 Å². The number of hydrogen-bond donors (Lipinski definition) is 1. The summed E-state index contributed by atoms with van der Waals surface area (Å²) in [5.74, 6) is 0.292. The minimum Gasteiger partial charge on any atom is -0.371 e. The molecular weight excluding hydrogens is 374 g/mol. The number of anilines is 1. The molecule has 1 amide bonds. The molecule has 1 N–H and O–H groups in total. The molecule has 1 saturated carbocycles. The molecule has 1 saturated heterocycles. The monoisotopic (exact) mass is 407 g/mol. The van der Waals surface area contributed by atoms with Crippen LogP contribution in [0.25, 0.3) is 0 Å². The molecule has 2 fully saturated rings. The van der Waals surface area contributed by atoms with Gasteiger partial charge >= 0.3 is 0 Å². The van der Waals surface area contributed by atoms with Crippen LogP contribution in [0.2, 0.25) is 0 Å². The van der Waals surface area contributed by atoms with Crippen LogP contribution in [0.4, 0.5) is 5.69 Å². The molecule has 0 radical (unpaired) electrons. The van der Waals surface area contributed by atoms with Gasteiger partial charge in [-0.25, -0.2) is 12.7 Å². The van der Waals surface area contributed by atoms with E-state index in [2.05, 4.69) is 17.1 Å². The van der Waals surface area contributed by atoms with Crippen molar-refractivity contribution in [2.45, 2.75) is 62.8 Å². The number of sulfonamides is 1. The van der Waals surface area contributed by atoms with Gasteiger partial charge in [-0.15, -0.1) is 0 Å². The Labute approximate surface area is 169 Å². The summed E-state index contributed by atoms with van der Waals surface area (Å²) in [5.41, 5.74) is 1.32. The molecule has 0 aromatic heterocycles. The molecule has 156 valence electrons. The highest BCUT2D eigenvalue weighted by Gasteiger charge is 2.27. The van der Waals surface area contributed by atoms with Crippen LogP contribution in [0, 0.1) is 5.92 Å². The fourth-order valence-electron chi connectivity index (χ4n) is 4.26. The smallest absolute Gasteiger partial charge is 0.253 e. The lowest BCUT2D eigenvalue weighted by Crippen LogP contribution is -2.42. The summed E-state index contributed by atoms with van der Waals surface area (Å²) in [4.78, 5) is 15.6. The Hall–Kier alpha value is -1.60. The first kappa shape index (κ1) is 21.1. The number of piperidine rings is 1. The van der Waals surface area contributed by atoms with Gasteiger partial charge in [0, 0.05) is 38.9 Å². The van der Waals surface area contributed by atoms with E-state index in [0.29, 0.717) is 11.5 Å². The van der Waals surface area contributed by atoms with Gasteiger partial charge in [0.2, 0.25) is 10.0 Å². The number of rotatable bonds is 5. The van der Waals surface area contributed by atoms with E-state index >= 15 is 0 Å². The first-order chi connectivity index (χ1) is 13.3. The molecule has 0 unspecified atom stereocenters. The summed E-state index contributed by atoms with van der Waals surface area (Å²) in [7, 11) is -0.567. The molecule has 0 bridgehead atoms. The van der Waals surface area contributed by atoms with E-state index in [1.54, 1.807) is 18.2 Å². The molecule has 28 heavy (non-hydrogen) atoms. The van der Waals surface area contributed by atoms with Crippen LogP contribution in [0.5, 0.6) is 0 Å². The van der Waals surface area contributed by atoms with Crippen LogP contribution in [-0.2, 0) is 10.0 Å². The Kier molecular flexibility index (Phi) is 6.65. The normalized spacial score (nSPS) is 23.6. The molecule has 1 aromatic carbocycles. The summed E-state index contributed by atoms with van der Waals surface area (Å²) < 4.78 is 26.4. The van der Waals surface area contributed by atoms with Crippen molar-refractivity contribution in [3.63, 3.8) is 0 Å². The van der Waals surface area contributed by atoms with Gasteiger partial charge in [-0.2, -0.15) is 0 Å².